The van der Waals surface area contributed by atoms with E-state index in [1.807, 2.05) is 6.07 Å². The Morgan fingerprint density at radius 3 is 2.50 bits per heavy atom. The number of hydrogen-bond donors (Lipinski definition) is 1. The average Bonchev–Trinajstić information content (AvgIpc) is 2.47. The lowest BCUT2D eigenvalue weighted by atomic mass is 9.91. The van der Waals surface area contributed by atoms with Gasteiger partial charge in [0, 0.05) is 24.8 Å². The summed E-state index contributed by atoms with van der Waals surface area (Å²) in [7, 11) is 1.79. The summed E-state index contributed by atoms with van der Waals surface area (Å²) in [6.45, 7) is 0. The smallest absolute Gasteiger partial charge is 0.0863 e. The first-order valence-corrected chi connectivity index (χ1v) is 6.31. The van der Waals surface area contributed by atoms with E-state index in [0.29, 0.717) is 6.04 Å². The molecule has 2 nitrogen and oxygen atoms in total. The van der Waals surface area contributed by atoms with E-state index < -0.39 is 0 Å². The second-order valence-corrected chi connectivity index (χ2v) is 4.65. The van der Waals surface area contributed by atoms with Gasteiger partial charge in [-0.15, -0.1) is 0 Å². The zero-order chi connectivity index (χ0) is 12.4. The first-order valence-electron chi connectivity index (χ1n) is 6.31. The lowest BCUT2D eigenvalue weighted by Crippen LogP contribution is -2.22. The Hall–Kier alpha value is -1.80. The van der Waals surface area contributed by atoms with E-state index in [4.69, 9.17) is 4.74 Å². The molecular weight excluding hydrogens is 222 g/mol. The molecule has 0 spiro atoms. The van der Waals surface area contributed by atoms with Crippen molar-refractivity contribution < 1.29 is 4.74 Å². The van der Waals surface area contributed by atoms with Crippen LogP contribution in [0.15, 0.2) is 54.6 Å². The van der Waals surface area contributed by atoms with Gasteiger partial charge in [0.25, 0.3) is 0 Å². The summed E-state index contributed by atoms with van der Waals surface area (Å²) in [5, 5.41) is 3.60. The van der Waals surface area contributed by atoms with Gasteiger partial charge in [-0.2, -0.15) is 0 Å². The third kappa shape index (κ3) is 2.00. The molecule has 18 heavy (non-hydrogen) atoms. The highest BCUT2D eigenvalue weighted by Crippen LogP contribution is 2.40. The summed E-state index contributed by atoms with van der Waals surface area (Å²) in [4.78, 5) is 0. The van der Waals surface area contributed by atoms with E-state index in [0.717, 1.165) is 6.42 Å². The fourth-order valence-corrected chi connectivity index (χ4v) is 2.62. The zero-order valence-electron chi connectivity index (χ0n) is 10.5. The summed E-state index contributed by atoms with van der Waals surface area (Å²) in [5.74, 6) is 0. The highest BCUT2D eigenvalue weighted by Gasteiger charge is 2.26. The van der Waals surface area contributed by atoms with Crippen LogP contribution < -0.4 is 5.32 Å². The number of benzene rings is 2. The van der Waals surface area contributed by atoms with E-state index >= 15 is 0 Å². The highest BCUT2D eigenvalue weighted by molar-refractivity contribution is 5.56. The molecule has 3 rings (SSSR count). The fourth-order valence-electron chi connectivity index (χ4n) is 2.62. The van der Waals surface area contributed by atoms with Crippen molar-refractivity contribution in [2.45, 2.75) is 18.6 Å². The van der Waals surface area contributed by atoms with Crippen LogP contribution in [0.2, 0.25) is 0 Å². The lowest BCUT2D eigenvalue weighted by Gasteiger charge is -2.32. The van der Waals surface area contributed by atoms with Crippen LogP contribution in [0.1, 0.15) is 29.7 Å². The standard InChI is InChI=1S/C16H17NO/c1-18-16-11-15(12-7-3-2-4-8-12)17-14-10-6-5-9-13(14)16/h2-10,15-17H,11H2,1H3/t15-,16+/m1/s1. The minimum absolute atomic E-state index is 0.174. The maximum absolute atomic E-state index is 5.63. The van der Waals surface area contributed by atoms with Gasteiger partial charge in [0.1, 0.15) is 0 Å². The van der Waals surface area contributed by atoms with Gasteiger partial charge in [-0.05, 0) is 11.6 Å². The Balaban J connectivity index is 1.95. The van der Waals surface area contributed by atoms with Gasteiger partial charge in [-0.3, -0.25) is 0 Å². The van der Waals surface area contributed by atoms with Crippen LogP contribution in [0.5, 0.6) is 0 Å². The van der Waals surface area contributed by atoms with Crippen LogP contribution >= 0.6 is 0 Å². The molecule has 0 aliphatic carbocycles. The topological polar surface area (TPSA) is 21.3 Å². The first-order chi connectivity index (χ1) is 8.88. The molecule has 0 fully saturated rings. The average molecular weight is 239 g/mol. The van der Waals surface area contributed by atoms with Crippen molar-refractivity contribution in [3.8, 4) is 0 Å². The molecule has 0 bridgehead atoms. The molecule has 0 unspecified atom stereocenters. The molecule has 1 N–H and O–H groups in total. The Morgan fingerprint density at radius 2 is 1.72 bits per heavy atom. The molecule has 0 aromatic heterocycles. The third-order valence-electron chi connectivity index (χ3n) is 3.57. The number of anilines is 1. The second kappa shape index (κ2) is 4.83. The van der Waals surface area contributed by atoms with Crippen molar-refractivity contribution in [3.63, 3.8) is 0 Å². The molecule has 2 aromatic carbocycles. The number of hydrogen-bond acceptors (Lipinski definition) is 2. The van der Waals surface area contributed by atoms with Gasteiger partial charge in [0.15, 0.2) is 0 Å². The maximum Gasteiger partial charge on any atom is 0.0863 e. The molecule has 2 atom stereocenters. The minimum atomic E-state index is 0.174. The van der Waals surface area contributed by atoms with Gasteiger partial charge in [-0.25, -0.2) is 0 Å². The molecule has 0 saturated carbocycles. The van der Waals surface area contributed by atoms with Crippen LogP contribution in [-0.2, 0) is 4.74 Å². The van der Waals surface area contributed by atoms with Gasteiger partial charge in [0.2, 0.25) is 0 Å². The molecule has 1 heterocycles. The maximum atomic E-state index is 5.63. The third-order valence-corrected chi connectivity index (χ3v) is 3.57. The zero-order valence-corrected chi connectivity index (χ0v) is 10.5. The van der Waals surface area contributed by atoms with Crippen molar-refractivity contribution >= 4 is 5.69 Å². The largest absolute Gasteiger partial charge is 0.378 e. The van der Waals surface area contributed by atoms with Gasteiger partial charge < -0.3 is 10.1 Å². The summed E-state index contributed by atoms with van der Waals surface area (Å²) in [5.41, 5.74) is 3.76. The van der Waals surface area contributed by atoms with Crippen LogP contribution in [-0.4, -0.2) is 7.11 Å². The van der Waals surface area contributed by atoms with E-state index in [2.05, 4.69) is 53.8 Å². The summed E-state index contributed by atoms with van der Waals surface area (Å²) >= 11 is 0. The molecule has 0 radical (unpaired) electrons. The number of fused-ring (bicyclic) bond motifs is 1. The second-order valence-electron chi connectivity index (χ2n) is 4.65. The van der Waals surface area contributed by atoms with Crippen molar-refractivity contribution in [1.29, 1.82) is 0 Å². The number of methoxy groups -OCH3 is 1. The number of rotatable bonds is 2. The molecule has 0 saturated heterocycles. The van der Waals surface area contributed by atoms with E-state index in [1.165, 1.54) is 16.8 Å². The number of nitrogens with one attached hydrogen (secondary N) is 1. The van der Waals surface area contributed by atoms with Crippen molar-refractivity contribution in [1.82, 2.24) is 0 Å². The van der Waals surface area contributed by atoms with E-state index in [9.17, 15) is 0 Å². The first kappa shape index (κ1) is 11.3. The molecular formula is C16H17NO. The van der Waals surface area contributed by atoms with Crippen LogP contribution in [0.25, 0.3) is 0 Å². The Morgan fingerprint density at radius 1 is 1.00 bits per heavy atom. The highest BCUT2D eigenvalue weighted by atomic mass is 16.5. The van der Waals surface area contributed by atoms with Crippen molar-refractivity contribution in [2.75, 3.05) is 12.4 Å². The summed E-state index contributed by atoms with van der Waals surface area (Å²) in [6.07, 6.45) is 1.14. The van der Waals surface area contributed by atoms with Crippen molar-refractivity contribution in [2.24, 2.45) is 0 Å². The molecule has 0 amide bonds. The van der Waals surface area contributed by atoms with Crippen LogP contribution in [0.3, 0.4) is 0 Å². The molecule has 1 aliphatic heterocycles. The quantitative estimate of drug-likeness (QED) is 0.857. The molecule has 1 aliphatic rings. The van der Waals surface area contributed by atoms with Gasteiger partial charge in [0.05, 0.1) is 12.1 Å². The van der Waals surface area contributed by atoms with Crippen molar-refractivity contribution in [3.05, 3.63) is 65.7 Å². The summed E-state index contributed by atoms with van der Waals surface area (Å²) < 4.78 is 5.63. The monoisotopic (exact) mass is 239 g/mol. The Bertz CT molecular complexity index is 524. The van der Waals surface area contributed by atoms with Crippen LogP contribution in [0, 0.1) is 0 Å². The van der Waals surface area contributed by atoms with Gasteiger partial charge >= 0.3 is 0 Å². The molecule has 2 heteroatoms. The minimum Gasteiger partial charge on any atom is -0.378 e. The molecule has 92 valence electrons. The summed E-state index contributed by atoms with van der Waals surface area (Å²) in [6, 6.07) is 19.3. The predicted molar refractivity (Wildman–Crippen MR) is 73.6 cm³/mol. The predicted octanol–water partition coefficient (Wildman–Crippen LogP) is 3.93. The SMILES string of the molecule is CO[C@H]1C[C@H](c2ccccc2)Nc2ccccc21. The van der Waals surface area contributed by atoms with E-state index in [1.54, 1.807) is 7.11 Å². The Kier molecular flexibility index (Phi) is 3.03. The number of para-hydroxylation sites is 1. The lowest BCUT2D eigenvalue weighted by molar-refractivity contribution is 0.0879. The fraction of sp³-hybridized carbons (Fsp3) is 0.250. The molecule has 2 aromatic rings. The Labute approximate surface area is 108 Å². The normalized spacial score (nSPS) is 22.1. The van der Waals surface area contributed by atoms with Gasteiger partial charge in [-0.1, -0.05) is 48.5 Å². The number of ether oxygens (including phenoxy) is 1. The van der Waals surface area contributed by atoms with E-state index in [-0.39, 0.29) is 6.10 Å². The van der Waals surface area contributed by atoms with Crippen LogP contribution in [0.4, 0.5) is 5.69 Å².